The van der Waals surface area contributed by atoms with Gasteiger partial charge in [0.05, 0.1) is 6.54 Å². The van der Waals surface area contributed by atoms with E-state index in [0.29, 0.717) is 18.8 Å². The van der Waals surface area contributed by atoms with Crippen LogP contribution in [0.25, 0.3) is 0 Å². The molecule has 38 heavy (non-hydrogen) atoms. The van der Waals surface area contributed by atoms with Crippen LogP contribution in [0.2, 0.25) is 0 Å². The first-order chi connectivity index (χ1) is 17.8. The van der Waals surface area contributed by atoms with Crippen LogP contribution in [-0.4, -0.2) is 29.9 Å². The maximum Gasteiger partial charge on any atom is 0.415 e. The van der Waals surface area contributed by atoms with Crippen molar-refractivity contribution in [2.24, 2.45) is 5.73 Å². The summed E-state index contributed by atoms with van der Waals surface area (Å²) in [5, 5.41) is 2.75. The molecule has 0 saturated heterocycles. The molecule has 0 aliphatic rings. The second kappa shape index (κ2) is 12.1. The minimum Gasteiger partial charge on any atom is -0.444 e. The summed E-state index contributed by atoms with van der Waals surface area (Å²) in [5.74, 6) is -0.0521. The van der Waals surface area contributed by atoms with Crippen molar-refractivity contribution in [3.8, 4) is 0 Å². The Kier molecular flexibility index (Phi) is 9.17. The molecule has 3 rings (SSSR count). The van der Waals surface area contributed by atoms with E-state index in [-0.39, 0.29) is 5.92 Å². The van der Waals surface area contributed by atoms with Crippen molar-refractivity contribution in [3.05, 3.63) is 95.6 Å². The van der Waals surface area contributed by atoms with Crippen LogP contribution in [-0.2, 0) is 16.0 Å². The molecule has 0 aliphatic heterocycles. The third-order valence-electron chi connectivity index (χ3n) is 5.60. The van der Waals surface area contributed by atoms with Crippen LogP contribution in [0.3, 0.4) is 0 Å². The fourth-order valence-corrected chi connectivity index (χ4v) is 3.92. The molecule has 0 spiro atoms. The van der Waals surface area contributed by atoms with Gasteiger partial charge in [-0.15, -0.1) is 0 Å². The van der Waals surface area contributed by atoms with Crippen molar-refractivity contribution in [3.63, 3.8) is 0 Å². The van der Waals surface area contributed by atoms with Gasteiger partial charge in [0.15, 0.2) is 0 Å². The molecular formula is C31H39N3O4. The average molecular weight is 518 g/mol. The zero-order chi connectivity index (χ0) is 27.9. The number of carbonyl (C=O) groups excluding carboxylic acids is 2. The van der Waals surface area contributed by atoms with Gasteiger partial charge in [-0.1, -0.05) is 54.6 Å². The summed E-state index contributed by atoms with van der Waals surface area (Å²) < 4.78 is 11.0. The Hall–Kier alpha value is -3.84. The highest BCUT2D eigenvalue weighted by molar-refractivity contribution is 5.88. The number of nitrogens with one attached hydrogen (secondary N) is 1. The van der Waals surface area contributed by atoms with Gasteiger partial charge >= 0.3 is 12.2 Å². The van der Waals surface area contributed by atoms with Crippen molar-refractivity contribution in [1.82, 2.24) is 0 Å². The number of carbonyl (C=O) groups is 2. The quantitative estimate of drug-likeness (QED) is 0.350. The summed E-state index contributed by atoms with van der Waals surface area (Å²) in [6, 6.07) is 25.2. The Bertz CT molecular complexity index is 1200. The Labute approximate surface area is 225 Å². The summed E-state index contributed by atoms with van der Waals surface area (Å²) in [7, 11) is 0. The molecule has 3 aromatic carbocycles. The minimum atomic E-state index is -0.610. The summed E-state index contributed by atoms with van der Waals surface area (Å²) in [6.45, 7) is 11.8. The zero-order valence-corrected chi connectivity index (χ0v) is 23.2. The van der Waals surface area contributed by atoms with Crippen LogP contribution in [0.5, 0.6) is 0 Å². The molecule has 0 saturated carbocycles. The van der Waals surface area contributed by atoms with Gasteiger partial charge in [0.2, 0.25) is 0 Å². The van der Waals surface area contributed by atoms with E-state index in [1.165, 1.54) is 0 Å². The third kappa shape index (κ3) is 8.63. The first kappa shape index (κ1) is 28.7. The lowest BCUT2D eigenvalue weighted by Crippen LogP contribution is -2.36. The molecule has 2 amide bonds. The molecule has 1 unspecified atom stereocenters. The number of ether oxygens (including phenoxy) is 2. The van der Waals surface area contributed by atoms with E-state index in [4.69, 9.17) is 15.2 Å². The van der Waals surface area contributed by atoms with Crippen LogP contribution in [0.1, 0.15) is 64.2 Å². The normalized spacial score (nSPS) is 12.4. The van der Waals surface area contributed by atoms with Gasteiger partial charge in [-0.2, -0.15) is 0 Å². The molecule has 3 aromatic rings. The molecular weight excluding hydrogens is 478 g/mol. The third-order valence-corrected chi connectivity index (χ3v) is 5.60. The second-order valence-corrected chi connectivity index (χ2v) is 11.2. The largest absolute Gasteiger partial charge is 0.444 e. The van der Waals surface area contributed by atoms with Gasteiger partial charge in [0.1, 0.15) is 11.2 Å². The van der Waals surface area contributed by atoms with E-state index >= 15 is 0 Å². The molecule has 0 aliphatic carbocycles. The van der Waals surface area contributed by atoms with E-state index < -0.39 is 23.4 Å². The highest BCUT2D eigenvalue weighted by atomic mass is 16.6. The lowest BCUT2D eigenvalue weighted by Gasteiger charge is -2.28. The fraction of sp³-hybridized carbons (Fsp3) is 0.355. The first-order valence-electron chi connectivity index (χ1n) is 12.8. The average Bonchev–Trinajstić information content (AvgIpc) is 2.83. The van der Waals surface area contributed by atoms with Gasteiger partial charge in [-0.3, -0.25) is 10.2 Å². The Morgan fingerprint density at radius 3 is 1.82 bits per heavy atom. The Morgan fingerprint density at radius 1 is 0.789 bits per heavy atom. The van der Waals surface area contributed by atoms with Crippen molar-refractivity contribution in [1.29, 1.82) is 0 Å². The molecule has 0 radical (unpaired) electrons. The number of nitrogens with two attached hydrogens (primary N) is 1. The number of nitrogens with zero attached hydrogens (tertiary/aromatic N) is 1. The smallest absolute Gasteiger partial charge is 0.415 e. The highest BCUT2D eigenvalue weighted by Crippen LogP contribution is 2.28. The number of rotatable bonds is 7. The molecule has 1 atom stereocenters. The van der Waals surface area contributed by atoms with Crippen LogP contribution < -0.4 is 16.0 Å². The SMILES string of the molecule is CC(C)(C)OC(=O)Nc1ccc(C(CN)c2ccc(N(Cc3ccccc3)C(=O)OC(C)(C)C)cc2)cc1. The van der Waals surface area contributed by atoms with Gasteiger partial charge in [0.25, 0.3) is 0 Å². The van der Waals surface area contributed by atoms with Crippen molar-refractivity contribution >= 4 is 23.6 Å². The predicted molar refractivity (Wildman–Crippen MR) is 152 cm³/mol. The summed E-state index contributed by atoms with van der Waals surface area (Å²) >= 11 is 0. The highest BCUT2D eigenvalue weighted by Gasteiger charge is 2.24. The Morgan fingerprint density at radius 2 is 1.32 bits per heavy atom. The van der Waals surface area contributed by atoms with Crippen LogP contribution >= 0.6 is 0 Å². The van der Waals surface area contributed by atoms with Gasteiger partial charge in [-0.05, 0) is 82.5 Å². The van der Waals surface area contributed by atoms with E-state index in [2.05, 4.69) is 5.32 Å². The van der Waals surface area contributed by atoms with Crippen LogP contribution in [0.15, 0.2) is 78.9 Å². The molecule has 7 nitrogen and oxygen atoms in total. The fourth-order valence-electron chi connectivity index (χ4n) is 3.92. The Balaban J connectivity index is 1.79. The van der Waals surface area contributed by atoms with Gasteiger partial charge in [0, 0.05) is 23.8 Å². The number of benzene rings is 3. The van der Waals surface area contributed by atoms with Crippen molar-refractivity contribution in [2.45, 2.75) is 65.2 Å². The number of anilines is 2. The summed E-state index contributed by atoms with van der Waals surface area (Å²) in [6.07, 6.45) is -0.904. The van der Waals surface area contributed by atoms with Crippen LogP contribution in [0.4, 0.5) is 21.0 Å². The van der Waals surface area contributed by atoms with Gasteiger partial charge in [-0.25, -0.2) is 9.59 Å². The predicted octanol–water partition coefficient (Wildman–Crippen LogP) is 7.07. The second-order valence-electron chi connectivity index (χ2n) is 11.2. The number of hydrogen-bond donors (Lipinski definition) is 2. The van der Waals surface area contributed by atoms with E-state index in [9.17, 15) is 9.59 Å². The molecule has 7 heteroatoms. The zero-order valence-electron chi connectivity index (χ0n) is 23.2. The molecule has 3 N–H and O–H groups in total. The number of hydrogen-bond acceptors (Lipinski definition) is 5. The maximum atomic E-state index is 13.1. The molecule has 0 fully saturated rings. The minimum absolute atomic E-state index is 0.0521. The van der Waals surface area contributed by atoms with Gasteiger partial charge < -0.3 is 15.2 Å². The lowest BCUT2D eigenvalue weighted by atomic mass is 9.91. The molecule has 0 heterocycles. The summed E-state index contributed by atoms with van der Waals surface area (Å²) in [5.41, 5.74) is 9.41. The number of amides is 2. The van der Waals surface area contributed by atoms with Crippen LogP contribution in [0, 0.1) is 0 Å². The summed E-state index contributed by atoms with van der Waals surface area (Å²) in [4.78, 5) is 26.8. The molecule has 202 valence electrons. The standard InChI is InChI=1S/C31H39N3O4/c1-30(2,3)37-28(35)33-25-16-12-23(13-17-25)27(20-32)24-14-18-26(19-15-24)34(29(36)38-31(4,5)6)21-22-10-8-7-9-11-22/h7-19,27H,20-21,32H2,1-6H3,(H,33,35). The molecule has 0 bridgehead atoms. The van der Waals surface area contributed by atoms with Crippen molar-refractivity contribution < 1.29 is 19.1 Å². The first-order valence-corrected chi connectivity index (χ1v) is 12.8. The lowest BCUT2D eigenvalue weighted by molar-refractivity contribution is 0.0575. The van der Waals surface area contributed by atoms with E-state index in [1.54, 1.807) is 4.90 Å². The van der Waals surface area contributed by atoms with E-state index in [0.717, 1.165) is 22.4 Å². The monoisotopic (exact) mass is 517 g/mol. The maximum absolute atomic E-state index is 13.1. The molecule has 0 aromatic heterocycles. The van der Waals surface area contributed by atoms with E-state index in [1.807, 2.05) is 120 Å². The van der Waals surface area contributed by atoms with Crippen molar-refractivity contribution in [2.75, 3.05) is 16.8 Å². The topological polar surface area (TPSA) is 93.9 Å².